The Bertz CT molecular complexity index is 2440. The number of aryl methyl sites for hydroxylation is 1. The number of hydrogen-bond donors (Lipinski definition) is 3. The summed E-state index contributed by atoms with van der Waals surface area (Å²) in [4.78, 5) is 62.7. The zero-order valence-corrected chi connectivity index (χ0v) is 33.6. The summed E-state index contributed by atoms with van der Waals surface area (Å²) in [6, 6.07) is 8.79. The molecule has 5 atom stereocenters. The number of ether oxygens (including phenoxy) is 2. The monoisotopic (exact) mass is 828 g/mol. The molecule has 1 aromatic carbocycles. The number of fused-ring (bicyclic) bond motifs is 5. The third-order valence-corrected chi connectivity index (χ3v) is 14.0. The molecule has 0 spiro atoms. The minimum atomic E-state index is -3.91. The van der Waals surface area contributed by atoms with Crippen molar-refractivity contribution >= 4 is 50.4 Å². The van der Waals surface area contributed by atoms with Crippen LogP contribution in [0.2, 0.25) is 0 Å². The molecule has 3 N–H and O–H groups in total. The van der Waals surface area contributed by atoms with Gasteiger partial charge in [-0.05, 0) is 83.3 Å². The van der Waals surface area contributed by atoms with Crippen LogP contribution in [0.25, 0.3) is 27.9 Å². The smallest absolute Gasteiger partial charge is 0.408 e. The summed E-state index contributed by atoms with van der Waals surface area (Å²) >= 11 is 0. The van der Waals surface area contributed by atoms with E-state index in [2.05, 4.69) is 20.5 Å². The largest absolute Gasteiger partial charge is 0.472 e. The van der Waals surface area contributed by atoms with Crippen molar-refractivity contribution in [3.8, 4) is 17.3 Å². The van der Waals surface area contributed by atoms with Crippen LogP contribution in [-0.4, -0.2) is 98.5 Å². The van der Waals surface area contributed by atoms with Gasteiger partial charge in [-0.1, -0.05) is 42.3 Å². The van der Waals surface area contributed by atoms with Crippen molar-refractivity contribution in [3.63, 3.8) is 0 Å². The summed E-state index contributed by atoms with van der Waals surface area (Å²) in [6.45, 7) is 1.73. The van der Waals surface area contributed by atoms with E-state index in [0.29, 0.717) is 60.4 Å². The molecule has 17 nitrogen and oxygen atoms in total. The van der Waals surface area contributed by atoms with E-state index in [4.69, 9.17) is 24.1 Å². The van der Waals surface area contributed by atoms with E-state index in [1.807, 2.05) is 36.4 Å². The highest BCUT2D eigenvalue weighted by atomic mass is 32.2. The number of rotatable bonds is 8. The number of sulfonamides is 1. The number of carbonyl (C=O) groups is 4. The minimum absolute atomic E-state index is 0.0123. The molecule has 4 fully saturated rings. The van der Waals surface area contributed by atoms with Crippen LogP contribution >= 0.6 is 0 Å². The molecule has 4 aromatic rings. The first kappa shape index (κ1) is 39.0. The molecular weight excluding hydrogens is 781 g/mol. The predicted molar refractivity (Wildman–Crippen MR) is 212 cm³/mol. The van der Waals surface area contributed by atoms with Gasteiger partial charge in [0, 0.05) is 29.9 Å². The van der Waals surface area contributed by atoms with Gasteiger partial charge >= 0.3 is 6.09 Å². The summed E-state index contributed by atoms with van der Waals surface area (Å²) in [5.41, 5.74) is 0.590. The van der Waals surface area contributed by atoms with E-state index in [1.165, 1.54) is 4.90 Å². The van der Waals surface area contributed by atoms with Crippen LogP contribution in [0.5, 0.6) is 5.88 Å². The number of allylic oxidation sites excluding steroid dienone is 1. The highest BCUT2D eigenvalue weighted by molar-refractivity contribution is 7.91. The lowest BCUT2D eigenvalue weighted by molar-refractivity contribution is -0.141. The molecule has 2 aliphatic heterocycles. The van der Waals surface area contributed by atoms with Crippen LogP contribution in [0.4, 0.5) is 4.79 Å². The lowest BCUT2D eigenvalue weighted by Gasteiger charge is -2.30. The minimum Gasteiger partial charge on any atom is -0.472 e. The van der Waals surface area contributed by atoms with E-state index in [-0.39, 0.29) is 31.4 Å². The third-order valence-electron chi connectivity index (χ3n) is 12.1. The molecule has 4 amide bonds. The van der Waals surface area contributed by atoms with Gasteiger partial charge in [-0.15, -0.1) is 0 Å². The first-order valence-corrected chi connectivity index (χ1v) is 22.2. The van der Waals surface area contributed by atoms with E-state index >= 15 is 0 Å². The van der Waals surface area contributed by atoms with Crippen LogP contribution in [0.3, 0.4) is 0 Å². The highest BCUT2D eigenvalue weighted by Gasteiger charge is 2.62. The van der Waals surface area contributed by atoms with E-state index in [9.17, 15) is 27.6 Å². The zero-order chi connectivity index (χ0) is 40.9. The number of hydrogen-bond acceptors (Lipinski definition) is 12. The van der Waals surface area contributed by atoms with E-state index in [0.717, 1.165) is 43.9 Å². The Morgan fingerprint density at radius 1 is 0.983 bits per heavy atom. The summed E-state index contributed by atoms with van der Waals surface area (Å²) in [5, 5.41) is 14.8. The molecule has 3 aliphatic carbocycles. The molecule has 312 valence electrons. The number of alkyl carbamates (subject to hydrolysis) is 1. The van der Waals surface area contributed by atoms with Gasteiger partial charge in [0.05, 0.1) is 17.3 Å². The second-order valence-corrected chi connectivity index (χ2v) is 18.5. The van der Waals surface area contributed by atoms with E-state index in [1.54, 1.807) is 23.6 Å². The second-order valence-electron chi connectivity index (χ2n) is 16.6. The van der Waals surface area contributed by atoms with Crippen molar-refractivity contribution in [1.29, 1.82) is 0 Å². The van der Waals surface area contributed by atoms with Gasteiger partial charge in [-0.25, -0.2) is 18.2 Å². The summed E-state index contributed by atoms with van der Waals surface area (Å²) in [5.74, 6) is -1.49. The molecule has 0 bridgehead atoms. The van der Waals surface area contributed by atoms with E-state index < -0.39 is 68.7 Å². The molecular formula is C41H48N8O9S. The first-order chi connectivity index (χ1) is 28.5. The van der Waals surface area contributed by atoms with Crippen LogP contribution < -0.4 is 20.1 Å². The molecule has 3 saturated carbocycles. The third kappa shape index (κ3) is 7.98. The molecule has 18 heteroatoms. The topological polar surface area (TPSA) is 216 Å². The SMILES string of the molecule is Cc1cc(-c2cc(O[C@@H]3C[C@H]4C(=O)N[C@]5(C(=O)NS(=O)(=O)C6CC6)C[C@H]5/C=C\CCCCC[C@H](NC(=O)OC5CCCC5)C(=O)N4C3)n3nc4ccccc4c3n2)no1. The Balaban J connectivity index is 1.05. The fourth-order valence-electron chi connectivity index (χ4n) is 8.66. The molecule has 0 unspecified atom stereocenters. The van der Waals surface area contributed by atoms with Crippen molar-refractivity contribution < 1.29 is 41.6 Å². The summed E-state index contributed by atoms with van der Waals surface area (Å²) in [6.07, 6.45) is 9.94. The fourth-order valence-corrected chi connectivity index (χ4v) is 10.0. The van der Waals surface area contributed by atoms with Gasteiger partial charge in [-0.2, -0.15) is 9.61 Å². The lowest BCUT2D eigenvalue weighted by Crippen LogP contribution is -2.58. The Morgan fingerprint density at radius 2 is 1.78 bits per heavy atom. The number of carbonyl (C=O) groups excluding carboxylic acids is 4. The van der Waals surface area contributed by atoms with Crippen molar-refractivity contribution in [2.45, 2.75) is 125 Å². The summed E-state index contributed by atoms with van der Waals surface area (Å²) < 4.78 is 47.4. The fraction of sp³-hybridized carbons (Fsp3) is 0.537. The molecule has 9 rings (SSSR count). The molecule has 59 heavy (non-hydrogen) atoms. The van der Waals surface area contributed by atoms with Crippen molar-refractivity contribution in [1.82, 2.24) is 40.0 Å². The molecule has 5 heterocycles. The zero-order valence-electron chi connectivity index (χ0n) is 32.8. The van der Waals surface area contributed by atoms with Crippen LogP contribution in [0.1, 0.15) is 89.2 Å². The average molecular weight is 829 g/mol. The van der Waals surface area contributed by atoms with Crippen molar-refractivity contribution in [3.05, 3.63) is 54.3 Å². The number of aromatic nitrogens is 4. The Morgan fingerprint density at radius 3 is 2.56 bits per heavy atom. The van der Waals surface area contributed by atoms with Crippen molar-refractivity contribution in [2.24, 2.45) is 5.92 Å². The number of benzene rings is 1. The van der Waals surface area contributed by atoms with Gasteiger partial charge in [0.25, 0.3) is 5.91 Å². The lowest BCUT2D eigenvalue weighted by atomic mass is 10.0. The molecule has 1 saturated heterocycles. The van der Waals surface area contributed by atoms with Gasteiger partial charge in [-0.3, -0.25) is 19.1 Å². The maximum absolute atomic E-state index is 14.7. The van der Waals surface area contributed by atoms with Crippen LogP contribution in [0, 0.1) is 12.8 Å². The van der Waals surface area contributed by atoms with Gasteiger partial charge in [0.2, 0.25) is 27.7 Å². The van der Waals surface area contributed by atoms with Gasteiger partial charge in [0.1, 0.15) is 47.0 Å². The number of amides is 4. The maximum atomic E-state index is 14.7. The van der Waals surface area contributed by atoms with Gasteiger partial charge in [0.15, 0.2) is 5.65 Å². The molecule has 3 aromatic heterocycles. The Kier molecular flexibility index (Phi) is 10.3. The van der Waals surface area contributed by atoms with Crippen LogP contribution in [-0.2, 0) is 29.1 Å². The molecule has 5 aliphatic rings. The highest BCUT2D eigenvalue weighted by Crippen LogP contribution is 2.46. The second kappa shape index (κ2) is 15.6. The Hall–Kier alpha value is -5.52. The normalized spacial score (nSPS) is 27.3. The first-order valence-electron chi connectivity index (χ1n) is 20.7. The van der Waals surface area contributed by atoms with Crippen LogP contribution in [0.15, 0.2) is 53.1 Å². The Labute approximate surface area is 340 Å². The standard InChI is InChI=1S/C41H48N8O9S/c1-24-19-33(46-58-24)32-21-35(49-36(42-32)29-14-9-10-15-30(29)45-49)56-27-20-34-37(50)44-41(39(52)47-59(54,55)28-17-18-28)22-25(41)11-5-3-2-4-6-16-31(38(51)48(34)23-27)43-40(53)57-26-12-7-8-13-26/h5,9-11,14-15,19,21,25-28,31,34H,2-4,6-8,12-13,16-18,20,22-23H2,1H3,(H,43,53)(H,44,50)(H,47,52)/b11-5-/t25-,27-,31+,34+,41-/m1/s1. The van der Waals surface area contributed by atoms with Gasteiger partial charge < -0.3 is 29.5 Å². The predicted octanol–water partition coefficient (Wildman–Crippen LogP) is 4.24. The summed E-state index contributed by atoms with van der Waals surface area (Å²) in [7, 11) is -3.91. The average Bonchev–Trinajstić information content (AvgIpc) is 3.89. The van der Waals surface area contributed by atoms with Crippen molar-refractivity contribution in [2.75, 3.05) is 6.54 Å². The number of nitrogens with one attached hydrogen (secondary N) is 3. The number of nitrogens with zero attached hydrogens (tertiary/aromatic N) is 5. The molecule has 0 radical (unpaired) electrons. The maximum Gasteiger partial charge on any atom is 0.408 e. The quantitative estimate of drug-likeness (QED) is 0.213.